The molecular weight excluding hydrogens is 377 g/mol. The topological polar surface area (TPSA) is 17.1 Å². The van der Waals surface area contributed by atoms with Crippen molar-refractivity contribution < 1.29 is 35.5 Å². The first kappa shape index (κ1) is 20.9. The van der Waals surface area contributed by atoms with E-state index in [1.165, 1.54) is 0 Å². The molecule has 0 heterocycles. The van der Waals surface area contributed by atoms with Gasteiger partial charge in [-0.25, -0.2) is 17.6 Å². The second kappa shape index (κ2) is 7.70. The molecule has 0 spiro atoms. The minimum atomic E-state index is -5.61. The third-order valence-corrected chi connectivity index (χ3v) is 4.22. The molecule has 0 fully saturated rings. The van der Waals surface area contributed by atoms with Crippen molar-refractivity contribution in [2.24, 2.45) is 0 Å². The van der Waals surface area contributed by atoms with E-state index in [9.17, 15) is 35.5 Å². The fourth-order valence-corrected chi connectivity index (χ4v) is 2.69. The molecule has 0 aliphatic carbocycles. The predicted octanol–water partition coefficient (Wildman–Crippen LogP) is 5.49. The summed E-state index contributed by atoms with van der Waals surface area (Å²) >= 11 is 0. The van der Waals surface area contributed by atoms with Gasteiger partial charge in [0.15, 0.2) is 23.3 Å². The molecule has 0 aliphatic rings. The highest BCUT2D eigenvalue weighted by molar-refractivity contribution is 5.83. The Morgan fingerprint density at radius 2 is 1.48 bits per heavy atom. The van der Waals surface area contributed by atoms with E-state index in [0.29, 0.717) is 12.0 Å². The van der Waals surface area contributed by atoms with Gasteiger partial charge in [-0.1, -0.05) is 25.1 Å². The smallest absolute Gasteiger partial charge is 0.299 e. The lowest BCUT2D eigenvalue weighted by atomic mass is 9.96. The number of carbonyl (C=O) groups excluding carboxylic acids is 1. The van der Waals surface area contributed by atoms with Crippen molar-refractivity contribution in [2.75, 3.05) is 0 Å². The van der Waals surface area contributed by atoms with Gasteiger partial charge in [0.2, 0.25) is 0 Å². The summed E-state index contributed by atoms with van der Waals surface area (Å²) in [6.45, 7) is 3.59. The third kappa shape index (κ3) is 4.31. The number of aryl methyl sites for hydroxylation is 2. The van der Waals surface area contributed by atoms with Gasteiger partial charge >= 0.3 is 6.18 Å². The standard InChI is InChI=1S/C19H15F7O/c1-3-10-5-4-9(2)11(6-10)7-12(27)8-13-15(20)17(22)14(19(24,25)26)18(23)16(13)21/h4-6H,3,7-8H2,1-2H3. The first-order chi connectivity index (χ1) is 12.5. The van der Waals surface area contributed by atoms with Crippen molar-refractivity contribution in [1.82, 2.24) is 0 Å². The van der Waals surface area contributed by atoms with Crippen molar-refractivity contribution >= 4 is 5.78 Å². The van der Waals surface area contributed by atoms with Crippen LogP contribution in [0.2, 0.25) is 0 Å². The molecule has 0 saturated carbocycles. The van der Waals surface area contributed by atoms with E-state index >= 15 is 0 Å². The van der Waals surface area contributed by atoms with Gasteiger partial charge in [-0.15, -0.1) is 0 Å². The first-order valence-electron chi connectivity index (χ1n) is 7.99. The fraction of sp³-hybridized carbons (Fsp3) is 0.316. The lowest BCUT2D eigenvalue weighted by Gasteiger charge is -2.14. The Balaban J connectivity index is 2.37. The Labute approximate surface area is 150 Å². The van der Waals surface area contributed by atoms with E-state index in [1.54, 1.807) is 19.1 Å². The molecule has 0 saturated heterocycles. The van der Waals surface area contributed by atoms with Crippen molar-refractivity contribution in [3.63, 3.8) is 0 Å². The third-order valence-electron chi connectivity index (χ3n) is 4.22. The summed E-state index contributed by atoms with van der Waals surface area (Å²) in [5, 5.41) is 0. The van der Waals surface area contributed by atoms with Crippen molar-refractivity contribution in [3.05, 3.63) is 69.3 Å². The number of alkyl halides is 3. The van der Waals surface area contributed by atoms with E-state index in [2.05, 4.69) is 0 Å². The molecule has 0 radical (unpaired) electrons. The highest BCUT2D eigenvalue weighted by Gasteiger charge is 2.42. The molecule has 2 aromatic carbocycles. The Bertz CT molecular complexity index is 856. The zero-order valence-corrected chi connectivity index (χ0v) is 14.4. The fourth-order valence-electron chi connectivity index (χ4n) is 2.69. The molecule has 0 amide bonds. The number of benzene rings is 2. The Morgan fingerprint density at radius 3 is 1.96 bits per heavy atom. The van der Waals surface area contributed by atoms with Crippen LogP contribution in [0.5, 0.6) is 0 Å². The monoisotopic (exact) mass is 392 g/mol. The maximum absolute atomic E-state index is 13.9. The lowest BCUT2D eigenvalue weighted by molar-refractivity contribution is -0.143. The summed E-state index contributed by atoms with van der Waals surface area (Å²) in [6.07, 6.45) is -6.28. The van der Waals surface area contributed by atoms with Crippen LogP contribution >= 0.6 is 0 Å². The average molecular weight is 392 g/mol. The van der Waals surface area contributed by atoms with Crippen LogP contribution < -0.4 is 0 Å². The number of ketones is 1. The largest absolute Gasteiger partial charge is 0.422 e. The van der Waals surface area contributed by atoms with E-state index in [1.807, 2.05) is 13.0 Å². The molecule has 146 valence electrons. The molecule has 8 heteroatoms. The number of hydrogen-bond donors (Lipinski definition) is 0. The average Bonchev–Trinajstić information content (AvgIpc) is 2.58. The van der Waals surface area contributed by atoms with Gasteiger partial charge in [-0.05, 0) is 30.0 Å². The van der Waals surface area contributed by atoms with Gasteiger partial charge in [0.25, 0.3) is 0 Å². The van der Waals surface area contributed by atoms with Gasteiger partial charge in [-0.3, -0.25) is 4.79 Å². The highest BCUT2D eigenvalue weighted by atomic mass is 19.4. The summed E-state index contributed by atoms with van der Waals surface area (Å²) < 4.78 is 92.8. The normalized spacial score (nSPS) is 11.7. The number of hydrogen-bond acceptors (Lipinski definition) is 1. The van der Waals surface area contributed by atoms with Gasteiger partial charge in [0.1, 0.15) is 11.3 Å². The lowest BCUT2D eigenvalue weighted by Crippen LogP contribution is -2.19. The quantitative estimate of drug-likeness (QED) is 0.486. The Morgan fingerprint density at radius 1 is 0.926 bits per heavy atom. The SMILES string of the molecule is CCc1ccc(C)c(CC(=O)Cc2c(F)c(F)c(C(F)(F)F)c(F)c2F)c1. The molecule has 0 aromatic heterocycles. The van der Waals surface area contributed by atoms with Crippen LogP contribution in [0, 0.1) is 30.2 Å². The van der Waals surface area contributed by atoms with Crippen LogP contribution in [0.15, 0.2) is 18.2 Å². The minimum absolute atomic E-state index is 0.275. The summed E-state index contributed by atoms with van der Waals surface area (Å²) in [4.78, 5) is 12.1. The Hall–Kier alpha value is -2.38. The molecule has 0 N–H and O–H groups in total. The highest BCUT2D eigenvalue weighted by Crippen LogP contribution is 2.37. The van der Waals surface area contributed by atoms with Crippen LogP contribution in [0.25, 0.3) is 0 Å². The van der Waals surface area contributed by atoms with Crippen LogP contribution in [0.1, 0.15) is 34.7 Å². The molecule has 2 aromatic rings. The van der Waals surface area contributed by atoms with E-state index in [0.717, 1.165) is 11.1 Å². The van der Waals surface area contributed by atoms with Crippen molar-refractivity contribution in [2.45, 2.75) is 39.3 Å². The maximum Gasteiger partial charge on any atom is 0.422 e. The van der Waals surface area contributed by atoms with Crippen LogP contribution in [-0.2, 0) is 30.2 Å². The molecule has 0 aliphatic heterocycles. The summed E-state index contributed by atoms with van der Waals surface area (Å²) in [6, 6.07) is 5.30. The summed E-state index contributed by atoms with van der Waals surface area (Å²) in [7, 11) is 0. The minimum Gasteiger partial charge on any atom is -0.299 e. The molecule has 1 nitrogen and oxygen atoms in total. The van der Waals surface area contributed by atoms with Crippen molar-refractivity contribution in [3.8, 4) is 0 Å². The molecule has 2 rings (SSSR count). The second-order valence-electron chi connectivity index (χ2n) is 6.11. The zero-order chi connectivity index (χ0) is 20.5. The zero-order valence-electron chi connectivity index (χ0n) is 14.4. The van der Waals surface area contributed by atoms with E-state index in [-0.39, 0.29) is 6.42 Å². The Kier molecular flexibility index (Phi) is 5.97. The summed E-state index contributed by atoms with van der Waals surface area (Å²) in [5.74, 6) is -10.3. The molecular formula is C19H15F7O. The maximum atomic E-state index is 13.9. The van der Waals surface area contributed by atoms with Gasteiger partial charge < -0.3 is 0 Å². The number of carbonyl (C=O) groups is 1. The molecule has 27 heavy (non-hydrogen) atoms. The summed E-state index contributed by atoms with van der Waals surface area (Å²) in [5.41, 5.74) is -1.81. The van der Waals surface area contributed by atoms with Crippen molar-refractivity contribution in [1.29, 1.82) is 0 Å². The first-order valence-corrected chi connectivity index (χ1v) is 7.99. The van der Waals surface area contributed by atoms with Crippen LogP contribution in [-0.4, -0.2) is 5.78 Å². The second-order valence-corrected chi connectivity index (χ2v) is 6.11. The van der Waals surface area contributed by atoms with Gasteiger partial charge in [0, 0.05) is 18.4 Å². The predicted molar refractivity (Wildman–Crippen MR) is 84.2 cm³/mol. The number of Topliss-reactive ketones (excluding diaryl/α,β-unsaturated/α-hetero) is 1. The molecule has 0 bridgehead atoms. The van der Waals surface area contributed by atoms with E-state index in [4.69, 9.17) is 0 Å². The molecule has 0 unspecified atom stereocenters. The van der Waals surface area contributed by atoms with E-state index < -0.39 is 52.8 Å². The van der Waals surface area contributed by atoms with Gasteiger partial charge in [0.05, 0.1) is 0 Å². The van der Waals surface area contributed by atoms with Crippen LogP contribution in [0.3, 0.4) is 0 Å². The van der Waals surface area contributed by atoms with Gasteiger partial charge in [-0.2, -0.15) is 13.2 Å². The number of halogens is 7. The van der Waals surface area contributed by atoms with Crippen LogP contribution in [0.4, 0.5) is 30.7 Å². The number of rotatable bonds is 5. The molecule has 0 atom stereocenters.